The lowest BCUT2D eigenvalue weighted by molar-refractivity contribution is 0.229. The summed E-state index contributed by atoms with van der Waals surface area (Å²) in [4.78, 5) is 2.25. The molecule has 6 nitrogen and oxygen atoms in total. The van der Waals surface area contributed by atoms with Crippen LogP contribution >= 0.6 is 31.9 Å². The number of likely N-dealkylation sites (N-methyl/N-ethyl adjacent to an activating group) is 1. The molecule has 0 saturated heterocycles. The van der Waals surface area contributed by atoms with Crippen molar-refractivity contribution >= 4 is 47.6 Å². The highest BCUT2D eigenvalue weighted by Crippen LogP contribution is 2.40. The topological polar surface area (TPSA) is 78.9 Å². The van der Waals surface area contributed by atoms with E-state index in [0.717, 1.165) is 57.0 Å². The molecule has 1 atom stereocenters. The van der Waals surface area contributed by atoms with E-state index in [0.29, 0.717) is 0 Å². The fraction of sp³-hybridized carbons (Fsp3) is 0.368. The summed E-state index contributed by atoms with van der Waals surface area (Å²) in [5.74, 6) is 0.688. The number of methoxy groups -OCH3 is 1. The summed E-state index contributed by atoms with van der Waals surface area (Å²) < 4.78 is 32.8. The second kappa shape index (κ2) is 8.22. The minimum atomic E-state index is -3.48. The highest BCUT2D eigenvalue weighted by Gasteiger charge is 2.27. The maximum Gasteiger partial charge on any atom is 0.229 e. The highest BCUT2D eigenvalue weighted by molar-refractivity contribution is 9.11. The Labute approximate surface area is 182 Å². The van der Waals surface area contributed by atoms with E-state index in [-0.39, 0.29) is 17.5 Å². The lowest BCUT2D eigenvalue weighted by Crippen LogP contribution is -2.33. The lowest BCUT2D eigenvalue weighted by Gasteiger charge is -2.35. The monoisotopic (exact) mass is 532 g/mol. The minimum absolute atomic E-state index is 0.0525. The van der Waals surface area contributed by atoms with Crippen LogP contribution in [0.3, 0.4) is 0 Å². The largest absolute Gasteiger partial charge is 0.506 e. The van der Waals surface area contributed by atoms with E-state index >= 15 is 0 Å². The summed E-state index contributed by atoms with van der Waals surface area (Å²) in [6.45, 7) is 0.856. The first-order valence-corrected chi connectivity index (χ1v) is 12.1. The fourth-order valence-corrected chi connectivity index (χ4v) is 5.73. The van der Waals surface area contributed by atoms with Gasteiger partial charge in [-0.2, -0.15) is 0 Å². The zero-order valence-electron chi connectivity index (χ0n) is 15.8. The molecular formula is C19H22Br2N2O4S. The number of anilines is 1. The van der Waals surface area contributed by atoms with Crippen molar-refractivity contribution in [2.75, 3.05) is 31.7 Å². The molecule has 0 spiro atoms. The van der Waals surface area contributed by atoms with Crippen LogP contribution in [0, 0.1) is 0 Å². The smallest absolute Gasteiger partial charge is 0.229 e. The zero-order valence-corrected chi connectivity index (χ0v) is 19.8. The molecule has 3 rings (SSSR count). The summed E-state index contributed by atoms with van der Waals surface area (Å²) in [5, 5.41) is 10.2. The van der Waals surface area contributed by atoms with Gasteiger partial charge < -0.3 is 9.84 Å². The van der Waals surface area contributed by atoms with E-state index in [2.05, 4.69) is 48.5 Å². The molecule has 2 aromatic carbocycles. The zero-order chi connectivity index (χ0) is 20.6. The lowest BCUT2D eigenvalue weighted by atomic mass is 9.88. The first-order chi connectivity index (χ1) is 13.1. The van der Waals surface area contributed by atoms with Gasteiger partial charge in [0.2, 0.25) is 10.0 Å². The number of fused-ring (bicyclic) bond motifs is 1. The van der Waals surface area contributed by atoms with Crippen molar-refractivity contribution in [3.8, 4) is 11.5 Å². The summed E-state index contributed by atoms with van der Waals surface area (Å²) in [6.07, 6.45) is 2.60. The predicted molar refractivity (Wildman–Crippen MR) is 118 cm³/mol. The van der Waals surface area contributed by atoms with Crippen LogP contribution < -0.4 is 9.46 Å². The molecule has 0 aromatic heterocycles. The fourth-order valence-electron chi connectivity index (χ4n) is 3.56. The Bertz CT molecular complexity index is 988. The quantitative estimate of drug-likeness (QED) is 0.566. The average molecular weight is 534 g/mol. The molecule has 28 heavy (non-hydrogen) atoms. The van der Waals surface area contributed by atoms with E-state index in [9.17, 15) is 13.5 Å². The Kier molecular flexibility index (Phi) is 6.29. The van der Waals surface area contributed by atoms with Gasteiger partial charge in [0.1, 0.15) is 11.5 Å². The molecule has 1 heterocycles. The Balaban J connectivity index is 2.00. The van der Waals surface area contributed by atoms with Crippen LogP contribution in [0.1, 0.15) is 22.7 Å². The minimum Gasteiger partial charge on any atom is -0.506 e. The van der Waals surface area contributed by atoms with Gasteiger partial charge in [-0.05, 0) is 92.7 Å². The third-order valence-corrected chi connectivity index (χ3v) is 6.64. The highest BCUT2D eigenvalue weighted by atomic mass is 79.9. The van der Waals surface area contributed by atoms with Crippen LogP contribution in [0.4, 0.5) is 5.69 Å². The number of phenolic OH excluding ortho intramolecular Hbond substituents is 1. The molecule has 2 N–H and O–H groups in total. The van der Waals surface area contributed by atoms with Gasteiger partial charge in [-0.25, -0.2) is 8.42 Å². The number of rotatable bonds is 5. The average Bonchev–Trinajstić information content (AvgIpc) is 2.57. The maximum atomic E-state index is 11.6. The number of sulfonamides is 1. The first kappa shape index (κ1) is 21.4. The molecule has 0 radical (unpaired) electrons. The van der Waals surface area contributed by atoms with Gasteiger partial charge in [0.15, 0.2) is 0 Å². The van der Waals surface area contributed by atoms with Gasteiger partial charge >= 0.3 is 0 Å². The van der Waals surface area contributed by atoms with Gasteiger partial charge in [0.05, 0.1) is 28.0 Å². The van der Waals surface area contributed by atoms with Crippen LogP contribution in [-0.4, -0.2) is 45.4 Å². The number of phenols is 1. The standard InChI is InChI=1S/C19H22Br2N2O4S/c1-23-5-4-12-9-18(24)16(22-28(3,25)26)10-13(12)17(23)8-11-6-14(20)19(27-2)15(21)7-11/h6-7,9-10,17,22,24H,4-5,8H2,1-3H3. The Morgan fingerprint density at radius 3 is 2.46 bits per heavy atom. The molecular weight excluding hydrogens is 512 g/mol. The van der Waals surface area contributed by atoms with Gasteiger partial charge in [0.25, 0.3) is 0 Å². The SMILES string of the molecule is COc1c(Br)cc(CC2c3cc(NS(C)(=O)=O)c(O)cc3CCN2C)cc1Br. The van der Waals surface area contributed by atoms with Gasteiger partial charge in [-0.15, -0.1) is 0 Å². The summed E-state index contributed by atoms with van der Waals surface area (Å²) in [7, 11) is 0.192. The molecule has 1 aliphatic heterocycles. The second-order valence-electron chi connectivity index (χ2n) is 6.99. The first-order valence-electron chi connectivity index (χ1n) is 8.64. The third kappa shape index (κ3) is 4.64. The summed E-state index contributed by atoms with van der Waals surface area (Å²) in [6, 6.07) is 7.53. The van der Waals surface area contributed by atoms with E-state index in [1.807, 2.05) is 12.1 Å². The van der Waals surface area contributed by atoms with Crippen LogP contribution in [0.5, 0.6) is 11.5 Å². The normalized spacial score (nSPS) is 17.2. The molecule has 2 aromatic rings. The van der Waals surface area contributed by atoms with Crippen molar-refractivity contribution in [3.05, 3.63) is 49.9 Å². The van der Waals surface area contributed by atoms with E-state index in [4.69, 9.17) is 4.74 Å². The van der Waals surface area contributed by atoms with Crippen molar-refractivity contribution in [2.24, 2.45) is 0 Å². The number of hydrogen-bond donors (Lipinski definition) is 2. The Morgan fingerprint density at radius 1 is 1.25 bits per heavy atom. The molecule has 1 aliphatic rings. The maximum absolute atomic E-state index is 11.6. The number of halogens is 2. The van der Waals surface area contributed by atoms with Crippen molar-refractivity contribution in [3.63, 3.8) is 0 Å². The van der Waals surface area contributed by atoms with E-state index in [1.54, 1.807) is 19.2 Å². The van der Waals surface area contributed by atoms with Crippen LogP contribution in [0.15, 0.2) is 33.2 Å². The number of nitrogens with zero attached hydrogens (tertiary/aromatic N) is 1. The Hall–Kier alpha value is -1.29. The van der Waals surface area contributed by atoms with E-state index in [1.165, 1.54) is 0 Å². The number of ether oxygens (including phenoxy) is 1. The number of nitrogens with one attached hydrogen (secondary N) is 1. The van der Waals surface area contributed by atoms with Gasteiger partial charge in [-0.1, -0.05) is 0 Å². The van der Waals surface area contributed by atoms with Gasteiger partial charge in [0, 0.05) is 12.6 Å². The van der Waals surface area contributed by atoms with Crippen LogP contribution in [0.2, 0.25) is 0 Å². The number of benzene rings is 2. The van der Waals surface area contributed by atoms with E-state index < -0.39 is 10.0 Å². The van der Waals surface area contributed by atoms with Crippen LogP contribution in [-0.2, 0) is 22.9 Å². The third-order valence-electron chi connectivity index (χ3n) is 4.87. The van der Waals surface area contributed by atoms with Crippen molar-refractivity contribution < 1.29 is 18.3 Å². The molecule has 0 aliphatic carbocycles. The number of hydrogen-bond acceptors (Lipinski definition) is 5. The molecule has 0 saturated carbocycles. The molecule has 0 fully saturated rings. The van der Waals surface area contributed by atoms with Crippen LogP contribution in [0.25, 0.3) is 0 Å². The number of aromatic hydroxyl groups is 1. The molecule has 152 valence electrons. The molecule has 0 amide bonds. The molecule has 1 unspecified atom stereocenters. The Morgan fingerprint density at radius 2 is 1.89 bits per heavy atom. The predicted octanol–water partition coefficient (Wildman–Crippen LogP) is 4.07. The second-order valence-corrected chi connectivity index (χ2v) is 10.4. The summed E-state index contributed by atoms with van der Waals surface area (Å²) >= 11 is 7.09. The van der Waals surface area contributed by atoms with Gasteiger partial charge in [-0.3, -0.25) is 9.62 Å². The van der Waals surface area contributed by atoms with Crippen molar-refractivity contribution in [1.82, 2.24) is 4.90 Å². The van der Waals surface area contributed by atoms with Crippen molar-refractivity contribution in [1.29, 1.82) is 0 Å². The molecule has 9 heteroatoms. The molecule has 0 bridgehead atoms. The summed E-state index contributed by atoms with van der Waals surface area (Å²) in [5.41, 5.74) is 3.36. The van der Waals surface area contributed by atoms with Crippen molar-refractivity contribution in [2.45, 2.75) is 18.9 Å².